The lowest BCUT2D eigenvalue weighted by molar-refractivity contribution is -0.139. The van der Waals surface area contributed by atoms with Crippen molar-refractivity contribution in [3.05, 3.63) is 76.1 Å². The highest BCUT2D eigenvalue weighted by molar-refractivity contribution is 6.46. The standard InChI is InChI=1S/C18H13ClFNO3/c1-21-15(11-3-2-4-13(20)9-11)14(17(23)18(21)24)16(22)10-5-7-12(19)8-6-10/h2-9,15,22H,1H3. The number of hydrogen-bond donors (Lipinski definition) is 1. The zero-order chi connectivity index (χ0) is 17.4. The fourth-order valence-electron chi connectivity index (χ4n) is 2.78. The molecule has 24 heavy (non-hydrogen) atoms. The summed E-state index contributed by atoms with van der Waals surface area (Å²) < 4.78 is 13.6. The van der Waals surface area contributed by atoms with Gasteiger partial charge in [0.05, 0.1) is 11.6 Å². The normalized spacial score (nSPS) is 19.8. The first-order valence-corrected chi connectivity index (χ1v) is 7.54. The molecule has 1 N–H and O–H groups in total. The molecule has 0 bridgehead atoms. The van der Waals surface area contributed by atoms with Gasteiger partial charge in [0.25, 0.3) is 11.7 Å². The molecule has 1 fully saturated rings. The summed E-state index contributed by atoms with van der Waals surface area (Å²) in [6, 6.07) is 11.0. The van der Waals surface area contributed by atoms with Gasteiger partial charge in [0.15, 0.2) is 0 Å². The number of aliphatic hydroxyl groups is 1. The first kappa shape index (κ1) is 16.2. The van der Waals surface area contributed by atoms with Crippen LogP contribution in [0.1, 0.15) is 17.2 Å². The monoisotopic (exact) mass is 345 g/mol. The van der Waals surface area contributed by atoms with Gasteiger partial charge in [-0.2, -0.15) is 0 Å². The smallest absolute Gasteiger partial charge is 0.295 e. The summed E-state index contributed by atoms with van der Waals surface area (Å²) in [4.78, 5) is 25.6. The number of likely N-dealkylation sites (N-methyl/N-ethyl adjacent to an activating group) is 1. The third-order valence-corrected chi connectivity index (χ3v) is 4.21. The van der Waals surface area contributed by atoms with Crippen molar-refractivity contribution in [1.82, 2.24) is 4.90 Å². The lowest BCUT2D eigenvalue weighted by atomic mass is 9.95. The van der Waals surface area contributed by atoms with Crippen LogP contribution in [0.3, 0.4) is 0 Å². The van der Waals surface area contributed by atoms with Gasteiger partial charge in [-0.3, -0.25) is 9.59 Å². The molecule has 6 heteroatoms. The Morgan fingerprint density at radius 1 is 1.17 bits per heavy atom. The highest BCUT2D eigenvalue weighted by Crippen LogP contribution is 2.38. The van der Waals surface area contributed by atoms with Gasteiger partial charge in [-0.05, 0) is 42.0 Å². The summed E-state index contributed by atoms with van der Waals surface area (Å²) in [5.41, 5.74) is 0.690. The van der Waals surface area contributed by atoms with E-state index in [2.05, 4.69) is 0 Å². The predicted octanol–water partition coefficient (Wildman–Crippen LogP) is 3.53. The minimum atomic E-state index is -0.851. The number of hydrogen-bond acceptors (Lipinski definition) is 3. The first-order chi connectivity index (χ1) is 11.4. The number of benzene rings is 2. The van der Waals surface area contributed by atoms with Crippen LogP contribution < -0.4 is 0 Å². The lowest BCUT2D eigenvalue weighted by Gasteiger charge is -2.21. The van der Waals surface area contributed by atoms with Gasteiger partial charge in [-0.25, -0.2) is 4.39 Å². The van der Waals surface area contributed by atoms with E-state index in [4.69, 9.17) is 11.6 Å². The maximum atomic E-state index is 13.6. The lowest BCUT2D eigenvalue weighted by Crippen LogP contribution is -2.24. The topological polar surface area (TPSA) is 57.6 Å². The molecule has 2 aromatic rings. The molecule has 0 spiro atoms. The molecule has 1 aliphatic rings. The maximum absolute atomic E-state index is 13.6. The van der Waals surface area contributed by atoms with E-state index in [9.17, 15) is 19.1 Å². The Morgan fingerprint density at radius 3 is 2.46 bits per heavy atom. The van der Waals surface area contributed by atoms with Crippen molar-refractivity contribution in [1.29, 1.82) is 0 Å². The van der Waals surface area contributed by atoms with E-state index in [1.807, 2.05) is 0 Å². The number of nitrogens with zero attached hydrogens (tertiary/aromatic N) is 1. The van der Waals surface area contributed by atoms with Gasteiger partial charge >= 0.3 is 0 Å². The summed E-state index contributed by atoms with van der Waals surface area (Å²) in [7, 11) is 1.44. The number of Topliss-reactive ketones (excluding diaryl/α,β-unsaturated/α-hetero) is 1. The van der Waals surface area contributed by atoms with Crippen LogP contribution in [0.4, 0.5) is 4.39 Å². The van der Waals surface area contributed by atoms with E-state index in [1.165, 1.54) is 30.1 Å². The van der Waals surface area contributed by atoms with Crippen LogP contribution in [0.15, 0.2) is 54.1 Å². The van der Waals surface area contributed by atoms with Gasteiger partial charge in [0.2, 0.25) is 0 Å². The van der Waals surface area contributed by atoms with Gasteiger partial charge in [-0.15, -0.1) is 0 Å². The van der Waals surface area contributed by atoms with Crippen molar-refractivity contribution in [2.24, 2.45) is 0 Å². The van der Waals surface area contributed by atoms with E-state index in [-0.39, 0.29) is 11.3 Å². The zero-order valence-electron chi connectivity index (χ0n) is 12.7. The summed E-state index contributed by atoms with van der Waals surface area (Å²) in [6.07, 6.45) is 0. The van der Waals surface area contributed by atoms with E-state index < -0.39 is 23.5 Å². The first-order valence-electron chi connectivity index (χ1n) is 7.16. The van der Waals surface area contributed by atoms with Crippen LogP contribution in [0.25, 0.3) is 5.76 Å². The fraction of sp³-hybridized carbons (Fsp3) is 0.111. The summed E-state index contributed by atoms with van der Waals surface area (Å²) in [6.45, 7) is 0. The second-order valence-electron chi connectivity index (χ2n) is 5.47. The molecule has 1 heterocycles. The van der Waals surface area contributed by atoms with E-state index in [1.54, 1.807) is 30.3 Å². The molecule has 0 saturated carbocycles. The zero-order valence-corrected chi connectivity index (χ0v) is 13.4. The van der Waals surface area contributed by atoms with Crippen molar-refractivity contribution in [2.45, 2.75) is 6.04 Å². The maximum Gasteiger partial charge on any atom is 0.295 e. The highest BCUT2D eigenvalue weighted by atomic mass is 35.5. The quantitative estimate of drug-likeness (QED) is 0.514. The molecule has 1 amide bonds. The summed E-state index contributed by atoms with van der Waals surface area (Å²) in [5, 5.41) is 11.0. The van der Waals surface area contributed by atoms with Crippen LogP contribution in [0, 0.1) is 5.82 Å². The second kappa shape index (κ2) is 6.09. The number of carbonyl (C=O) groups is 2. The van der Waals surface area contributed by atoms with Crippen molar-refractivity contribution in [3.63, 3.8) is 0 Å². The Labute approximate surface area is 142 Å². The van der Waals surface area contributed by atoms with Crippen LogP contribution in [-0.2, 0) is 9.59 Å². The Kier molecular flexibility index (Phi) is 4.11. The van der Waals surface area contributed by atoms with E-state index in [0.717, 1.165) is 0 Å². The average molecular weight is 346 g/mol. The molecule has 4 nitrogen and oxygen atoms in total. The number of aliphatic hydroxyl groups excluding tert-OH is 1. The minimum Gasteiger partial charge on any atom is -0.507 e. The molecule has 1 aliphatic heterocycles. The third kappa shape index (κ3) is 2.67. The minimum absolute atomic E-state index is 0.0737. The van der Waals surface area contributed by atoms with E-state index >= 15 is 0 Å². The van der Waals surface area contributed by atoms with Crippen molar-refractivity contribution in [2.75, 3.05) is 7.05 Å². The number of carbonyl (C=O) groups excluding carboxylic acids is 2. The van der Waals surface area contributed by atoms with Crippen molar-refractivity contribution >= 4 is 29.1 Å². The molecule has 122 valence electrons. The molecule has 0 aromatic heterocycles. The number of amides is 1. The molecule has 3 rings (SSSR count). The van der Waals surface area contributed by atoms with Crippen LogP contribution in [-0.4, -0.2) is 28.7 Å². The van der Waals surface area contributed by atoms with Crippen molar-refractivity contribution in [3.8, 4) is 0 Å². The van der Waals surface area contributed by atoms with Gasteiger partial charge in [-0.1, -0.05) is 23.7 Å². The molecule has 1 saturated heterocycles. The Balaban J connectivity index is 2.18. The van der Waals surface area contributed by atoms with Gasteiger partial charge in [0, 0.05) is 17.6 Å². The van der Waals surface area contributed by atoms with E-state index in [0.29, 0.717) is 16.1 Å². The highest BCUT2D eigenvalue weighted by Gasteiger charge is 2.44. The van der Waals surface area contributed by atoms with Crippen LogP contribution >= 0.6 is 11.6 Å². The van der Waals surface area contributed by atoms with Crippen LogP contribution in [0.5, 0.6) is 0 Å². The largest absolute Gasteiger partial charge is 0.507 e. The fourth-order valence-corrected chi connectivity index (χ4v) is 2.90. The molecule has 2 aromatic carbocycles. The molecule has 0 aliphatic carbocycles. The average Bonchev–Trinajstić information content (AvgIpc) is 2.79. The number of ketones is 1. The summed E-state index contributed by atoms with van der Waals surface area (Å²) >= 11 is 5.82. The molecule has 1 atom stereocenters. The molecule has 0 radical (unpaired) electrons. The molecular formula is C18H13ClFNO3. The number of halogens is 2. The Hall–Kier alpha value is -2.66. The number of rotatable bonds is 2. The Morgan fingerprint density at radius 2 is 1.83 bits per heavy atom. The predicted molar refractivity (Wildman–Crippen MR) is 87.9 cm³/mol. The van der Waals surface area contributed by atoms with Crippen LogP contribution in [0.2, 0.25) is 5.02 Å². The number of likely N-dealkylation sites (tertiary alicyclic amines) is 1. The van der Waals surface area contributed by atoms with Gasteiger partial charge in [0.1, 0.15) is 11.6 Å². The summed E-state index contributed by atoms with van der Waals surface area (Å²) in [5.74, 6) is -2.36. The third-order valence-electron chi connectivity index (χ3n) is 3.96. The van der Waals surface area contributed by atoms with Gasteiger partial charge < -0.3 is 10.0 Å². The Bertz CT molecular complexity index is 861. The van der Waals surface area contributed by atoms with Crippen molar-refractivity contribution < 1.29 is 19.1 Å². The molecular weight excluding hydrogens is 333 g/mol. The molecule has 1 unspecified atom stereocenters. The SMILES string of the molecule is CN1C(=O)C(=O)C(=C(O)c2ccc(Cl)cc2)C1c1cccc(F)c1. The second-order valence-corrected chi connectivity index (χ2v) is 5.91.